The molecule has 0 unspecified atom stereocenters. The summed E-state index contributed by atoms with van der Waals surface area (Å²) in [5.74, 6) is 0. The van der Waals surface area contributed by atoms with Crippen LogP contribution in [-0.4, -0.2) is 13.7 Å². The van der Waals surface area contributed by atoms with Crippen molar-refractivity contribution in [2.75, 3.05) is 0 Å². The van der Waals surface area contributed by atoms with Crippen LogP contribution in [0.4, 0.5) is 0 Å². The Bertz CT molecular complexity index is 3520. The van der Waals surface area contributed by atoms with Crippen molar-refractivity contribution in [3.63, 3.8) is 0 Å². The molecule has 0 amide bonds. The molecule has 0 fully saturated rings. The van der Waals surface area contributed by atoms with Gasteiger partial charge in [-0.3, -0.25) is 0 Å². The van der Waals surface area contributed by atoms with E-state index in [2.05, 4.69) is 214 Å². The van der Waals surface area contributed by atoms with Gasteiger partial charge in [-0.15, -0.1) is 11.3 Å². The van der Waals surface area contributed by atoms with Crippen LogP contribution in [0.5, 0.6) is 0 Å². The van der Waals surface area contributed by atoms with Crippen molar-refractivity contribution in [1.82, 2.24) is 13.7 Å². The summed E-state index contributed by atoms with van der Waals surface area (Å²) in [6, 6.07) is 73.8. The molecular formula is C54H33N3S. The predicted molar refractivity (Wildman–Crippen MR) is 248 cm³/mol. The molecule has 0 aliphatic carbocycles. The highest BCUT2D eigenvalue weighted by atomic mass is 32.1. The standard InChI is InChI=1S/C54H33N3S/c1-6-16-47-39(11-1)40-12-2-7-17-48(40)56(47)37-26-28-51-44(32-37)45-33-38(57-49-18-8-3-13-41(49)42-14-4-9-19-50(42)57)27-29-52(45)55(51)36-24-21-34(22-25-36)35-23-30-54-46(31-35)43-15-5-10-20-53(43)58-54/h1-33H. The van der Waals surface area contributed by atoms with E-state index in [1.807, 2.05) is 11.3 Å². The van der Waals surface area contributed by atoms with Gasteiger partial charge < -0.3 is 13.7 Å². The molecular weight excluding hydrogens is 723 g/mol. The van der Waals surface area contributed by atoms with Crippen molar-refractivity contribution in [3.8, 4) is 28.2 Å². The van der Waals surface area contributed by atoms with Gasteiger partial charge >= 0.3 is 0 Å². The molecule has 0 spiro atoms. The average Bonchev–Trinajstić information content (AvgIpc) is 4.02. The fourth-order valence-electron chi connectivity index (χ4n) is 9.67. The number of para-hydroxylation sites is 4. The van der Waals surface area contributed by atoms with Crippen LogP contribution in [-0.2, 0) is 0 Å². The Morgan fingerprint density at radius 1 is 0.241 bits per heavy atom. The van der Waals surface area contributed by atoms with Crippen LogP contribution in [0.2, 0.25) is 0 Å². The molecule has 58 heavy (non-hydrogen) atoms. The number of aromatic nitrogens is 3. The zero-order valence-corrected chi connectivity index (χ0v) is 32.1. The maximum Gasteiger partial charge on any atom is 0.0542 e. The van der Waals surface area contributed by atoms with E-state index in [1.165, 1.54) is 96.7 Å². The topological polar surface area (TPSA) is 14.8 Å². The molecule has 0 atom stereocenters. The van der Waals surface area contributed by atoms with Gasteiger partial charge in [-0.25, -0.2) is 0 Å². The van der Waals surface area contributed by atoms with Crippen molar-refractivity contribution in [2.45, 2.75) is 0 Å². The van der Waals surface area contributed by atoms with E-state index >= 15 is 0 Å². The number of fused-ring (bicyclic) bond motifs is 12. The van der Waals surface area contributed by atoms with E-state index in [9.17, 15) is 0 Å². The summed E-state index contributed by atoms with van der Waals surface area (Å²) in [5, 5.41) is 10.1. The van der Waals surface area contributed by atoms with Crippen LogP contribution >= 0.6 is 11.3 Å². The van der Waals surface area contributed by atoms with Gasteiger partial charge in [0.15, 0.2) is 0 Å². The van der Waals surface area contributed by atoms with Crippen LogP contribution < -0.4 is 0 Å². The SMILES string of the molecule is c1ccc2c(c1)sc1ccc(-c3ccc(-n4c5ccc(-n6c7ccccc7c7ccccc76)cc5c5cc(-n6c7ccccc7c7ccccc76)ccc54)cc3)cc12. The molecule has 4 heterocycles. The molecule has 3 nitrogen and oxygen atoms in total. The highest BCUT2D eigenvalue weighted by Gasteiger charge is 2.19. The molecule has 0 N–H and O–H groups in total. The first-order valence-corrected chi connectivity index (χ1v) is 20.7. The first-order chi connectivity index (χ1) is 28.8. The lowest BCUT2D eigenvalue weighted by atomic mass is 10.0. The molecule has 0 aliphatic rings. The molecule has 4 aromatic heterocycles. The fourth-order valence-corrected chi connectivity index (χ4v) is 10.8. The van der Waals surface area contributed by atoms with E-state index in [4.69, 9.17) is 0 Å². The number of hydrogen-bond donors (Lipinski definition) is 0. The van der Waals surface area contributed by atoms with Gasteiger partial charge in [0.05, 0.1) is 33.1 Å². The van der Waals surface area contributed by atoms with Crippen molar-refractivity contribution in [3.05, 3.63) is 200 Å². The van der Waals surface area contributed by atoms with Crippen LogP contribution in [0, 0.1) is 0 Å². The van der Waals surface area contributed by atoms with E-state index in [1.54, 1.807) is 0 Å². The summed E-state index contributed by atoms with van der Waals surface area (Å²) >= 11 is 1.86. The largest absolute Gasteiger partial charge is 0.309 e. The van der Waals surface area contributed by atoms with Gasteiger partial charge in [-0.05, 0) is 102 Å². The Labute approximate surface area is 337 Å². The first kappa shape index (κ1) is 31.8. The number of rotatable bonds is 4. The smallest absolute Gasteiger partial charge is 0.0542 e. The summed E-state index contributed by atoms with van der Waals surface area (Å²) in [5.41, 5.74) is 13.1. The highest BCUT2D eigenvalue weighted by Crippen LogP contribution is 2.41. The van der Waals surface area contributed by atoms with Gasteiger partial charge in [0.25, 0.3) is 0 Å². The lowest BCUT2D eigenvalue weighted by molar-refractivity contribution is 1.16. The van der Waals surface area contributed by atoms with Gasteiger partial charge in [-0.1, -0.05) is 109 Å². The highest BCUT2D eigenvalue weighted by molar-refractivity contribution is 7.25. The monoisotopic (exact) mass is 755 g/mol. The predicted octanol–water partition coefficient (Wildman–Crippen LogP) is 15.0. The normalized spacial score (nSPS) is 12.1. The Kier molecular flexibility index (Phi) is 6.60. The fraction of sp³-hybridized carbons (Fsp3) is 0. The zero-order valence-electron chi connectivity index (χ0n) is 31.3. The Balaban J connectivity index is 1.04. The Hall–Kier alpha value is -7.40. The second-order valence-electron chi connectivity index (χ2n) is 15.3. The van der Waals surface area contributed by atoms with Gasteiger partial charge in [0.1, 0.15) is 0 Å². The number of nitrogens with zero attached hydrogens (tertiary/aromatic N) is 3. The number of benzene rings is 9. The number of hydrogen-bond acceptors (Lipinski definition) is 1. The Morgan fingerprint density at radius 2 is 0.621 bits per heavy atom. The second kappa shape index (κ2) is 12.1. The lowest BCUT2D eigenvalue weighted by Gasteiger charge is -2.11. The molecule has 0 saturated carbocycles. The molecule has 0 saturated heterocycles. The minimum absolute atomic E-state index is 1.14. The van der Waals surface area contributed by atoms with Crippen molar-refractivity contribution in [2.24, 2.45) is 0 Å². The average molecular weight is 756 g/mol. The zero-order chi connectivity index (χ0) is 37.9. The van der Waals surface area contributed by atoms with Crippen molar-refractivity contribution in [1.29, 1.82) is 0 Å². The van der Waals surface area contributed by atoms with E-state index in [0.29, 0.717) is 0 Å². The molecule has 13 aromatic rings. The van der Waals surface area contributed by atoms with E-state index in [-0.39, 0.29) is 0 Å². The van der Waals surface area contributed by atoms with Gasteiger partial charge in [-0.2, -0.15) is 0 Å². The van der Waals surface area contributed by atoms with Crippen LogP contribution in [0.3, 0.4) is 0 Å². The Morgan fingerprint density at radius 3 is 1.14 bits per heavy atom. The van der Waals surface area contributed by atoms with Crippen molar-refractivity contribution < 1.29 is 0 Å². The third kappa shape index (κ3) is 4.49. The minimum atomic E-state index is 1.14. The van der Waals surface area contributed by atoms with E-state index < -0.39 is 0 Å². The third-order valence-corrected chi connectivity index (χ3v) is 13.4. The molecule has 4 heteroatoms. The molecule has 0 bridgehead atoms. The molecule has 9 aromatic carbocycles. The van der Waals surface area contributed by atoms with Crippen LogP contribution in [0.25, 0.3) is 114 Å². The van der Waals surface area contributed by atoms with Crippen molar-refractivity contribution >= 4 is 96.9 Å². The summed E-state index contributed by atoms with van der Waals surface area (Å²) in [6.07, 6.45) is 0. The maximum atomic E-state index is 2.44. The molecule has 270 valence electrons. The molecule has 0 radical (unpaired) electrons. The minimum Gasteiger partial charge on any atom is -0.309 e. The maximum absolute atomic E-state index is 2.44. The third-order valence-electron chi connectivity index (χ3n) is 12.2. The summed E-state index contributed by atoms with van der Waals surface area (Å²) in [4.78, 5) is 0. The second-order valence-corrected chi connectivity index (χ2v) is 16.4. The summed E-state index contributed by atoms with van der Waals surface area (Å²) in [6.45, 7) is 0. The lowest BCUT2D eigenvalue weighted by Crippen LogP contribution is -1.96. The van der Waals surface area contributed by atoms with Crippen LogP contribution in [0.15, 0.2) is 200 Å². The van der Waals surface area contributed by atoms with Gasteiger partial charge in [0, 0.05) is 69.6 Å². The number of thiophene rings is 1. The quantitative estimate of drug-likeness (QED) is 0.170. The molecule has 13 rings (SSSR count). The van der Waals surface area contributed by atoms with Crippen LogP contribution in [0.1, 0.15) is 0 Å². The summed E-state index contributed by atoms with van der Waals surface area (Å²) in [7, 11) is 0. The van der Waals surface area contributed by atoms with Gasteiger partial charge in [0.2, 0.25) is 0 Å². The first-order valence-electron chi connectivity index (χ1n) is 19.8. The summed E-state index contributed by atoms with van der Waals surface area (Å²) < 4.78 is 9.94. The van der Waals surface area contributed by atoms with E-state index in [0.717, 1.165) is 17.1 Å². The molecule has 0 aliphatic heterocycles.